The molecule has 1 aromatic carbocycles. The van der Waals surface area contributed by atoms with Crippen molar-refractivity contribution in [3.63, 3.8) is 0 Å². The number of hydrogen-bond acceptors (Lipinski definition) is 4. The van der Waals surface area contributed by atoms with Crippen molar-refractivity contribution >= 4 is 21.5 Å². The predicted molar refractivity (Wildman–Crippen MR) is 69.7 cm³/mol. The van der Waals surface area contributed by atoms with Crippen LogP contribution in [0.15, 0.2) is 29.2 Å². The summed E-state index contributed by atoms with van der Waals surface area (Å²) in [6.07, 6.45) is 1.10. The molecule has 0 radical (unpaired) electrons. The Morgan fingerprint density at radius 3 is 2.19 bits per heavy atom. The van der Waals surface area contributed by atoms with E-state index in [1.807, 2.05) is 0 Å². The van der Waals surface area contributed by atoms with Crippen LogP contribution in [0, 0.1) is 0 Å². The summed E-state index contributed by atoms with van der Waals surface area (Å²) in [5.74, 6) is -0.892. The van der Waals surface area contributed by atoms with Gasteiger partial charge in [-0.3, -0.25) is 4.79 Å². The van der Waals surface area contributed by atoms with E-state index in [9.17, 15) is 26.4 Å². The maximum absolute atomic E-state index is 12.3. The number of alkyl halides is 3. The molecule has 0 saturated carbocycles. The molecule has 1 aromatic rings. The highest BCUT2D eigenvalue weighted by atomic mass is 32.2. The van der Waals surface area contributed by atoms with E-state index in [0.29, 0.717) is 25.1 Å². The zero-order valence-corrected chi connectivity index (χ0v) is 11.7. The predicted octanol–water partition coefficient (Wildman–Crippen LogP) is 2.65. The Balaban J connectivity index is 2.57. The molecule has 0 heterocycles. The van der Waals surface area contributed by atoms with Crippen molar-refractivity contribution < 1.29 is 31.5 Å². The third kappa shape index (κ3) is 4.92. The van der Waals surface area contributed by atoms with Gasteiger partial charge in [-0.15, -0.1) is 0 Å². The van der Waals surface area contributed by atoms with Gasteiger partial charge in [-0.2, -0.15) is 13.2 Å². The number of nitrogens with one attached hydrogen (secondary N) is 1. The number of benzene rings is 1. The summed E-state index contributed by atoms with van der Waals surface area (Å²) in [7, 11) is -5.32. The minimum atomic E-state index is -5.32. The molecule has 1 rings (SSSR count). The Hall–Kier alpha value is -1.77. The van der Waals surface area contributed by atoms with Crippen molar-refractivity contribution in [2.45, 2.75) is 29.7 Å². The van der Waals surface area contributed by atoms with Gasteiger partial charge < -0.3 is 10.4 Å². The fourth-order valence-corrected chi connectivity index (χ4v) is 2.28. The van der Waals surface area contributed by atoms with Crippen LogP contribution < -0.4 is 5.32 Å². The van der Waals surface area contributed by atoms with Crippen LogP contribution in [0.2, 0.25) is 0 Å². The van der Waals surface area contributed by atoms with Crippen LogP contribution in [0.3, 0.4) is 0 Å². The first-order valence-corrected chi connectivity index (χ1v) is 7.50. The summed E-state index contributed by atoms with van der Waals surface area (Å²) in [5.41, 5.74) is -4.86. The first-order valence-electron chi connectivity index (χ1n) is 6.01. The van der Waals surface area contributed by atoms with Gasteiger partial charge in [0.05, 0.1) is 4.90 Å². The topological polar surface area (TPSA) is 83.5 Å². The fourth-order valence-electron chi connectivity index (χ4n) is 1.52. The zero-order chi connectivity index (χ0) is 16.1. The second-order valence-electron chi connectivity index (χ2n) is 4.25. The monoisotopic (exact) mass is 325 g/mol. The second-order valence-corrected chi connectivity index (χ2v) is 6.19. The van der Waals surface area contributed by atoms with E-state index in [1.165, 1.54) is 12.1 Å². The first-order chi connectivity index (χ1) is 9.64. The number of unbranched alkanes of at least 4 members (excludes halogenated alkanes) is 1. The van der Waals surface area contributed by atoms with Gasteiger partial charge in [-0.05, 0) is 37.1 Å². The zero-order valence-electron chi connectivity index (χ0n) is 10.9. The third-order valence-corrected chi connectivity index (χ3v) is 4.12. The van der Waals surface area contributed by atoms with Gasteiger partial charge in [-0.1, -0.05) is 0 Å². The summed E-state index contributed by atoms with van der Waals surface area (Å²) in [6, 6.07) is 4.22. The maximum atomic E-state index is 12.3. The fraction of sp³-hybridized carbons (Fsp3) is 0.417. The van der Waals surface area contributed by atoms with Crippen LogP contribution in [0.4, 0.5) is 18.9 Å². The van der Waals surface area contributed by atoms with Crippen molar-refractivity contribution in [1.82, 2.24) is 0 Å². The Bertz CT molecular complexity index is 582. The minimum absolute atomic E-state index is 0.0461. The SMILES string of the molecule is O=C(O)CCCCNc1ccc(S(=O)(=O)C(F)(F)F)cc1. The highest BCUT2D eigenvalue weighted by molar-refractivity contribution is 7.92. The number of hydrogen-bond donors (Lipinski definition) is 2. The highest BCUT2D eigenvalue weighted by Crippen LogP contribution is 2.30. The molecule has 0 unspecified atom stereocenters. The number of rotatable bonds is 7. The molecule has 0 atom stereocenters. The smallest absolute Gasteiger partial charge is 0.481 e. The van der Waals surface area contributed by atoms with Crippen molar-refractivity contribution in [1.29, 1.82) is 0 Å². The molecule has 2 N–H and O–H groups in total. The van der Waals surface area contributed by atoms with E-state index < -0.39 is 26.2 Å². The average Bonchev–Trinajstić information content (AvgIpc) is 2.37. The molecule has 0 fully saturated rings. The quantitative estimate of drug-likeness (QED) is 0.753. The number of anilines is 1. The van der Waals surface area contributed by atoms with Gasteiger partial charge in [0.25, 0.3) is 9.84 Å². The number of carbonyl (C=O) groups is 1. The molecule has 0 amide bonds. The van der Waals surface area contributed by atoms with Crippen LogP contribution in [0.25, 0.3) is 0 Å². The number of carboxylic acid groups (broad SMARTS) is 1. The van der Waals surface area contributed by atoms with E-state index in [-0.39, 0.29) is 6.42 Å². The Labute approximate surface area is 119 Å². The number of sulfone groups is 1. The molecule has 0 aliphatic carbocycles. The third-order valence-electron chi connectivity index (χ3n) is 2.62. The van der Waals surface area contributed by atoms with Gasteiger partial charge in [0.2, 0.25) is 0 Å². The molecule has 118 valence electrons. The Morgan fingerprint density at radius 2 is 1.71 bits per heavy atom. The highest BCUT2D eigenvalue weighted by Gasteiger charge is 2.46. The number of halogens is 3. The first kappa shape index (κ1) is 17.3. The van der Waals surface area contributed by atoms with E-state index >= 15 is 0 Å². The summed E-state index contributed by atoms with van der Waals surface area (Å²) in [6.45, 7) is 0.443. The van der Waals surface area contributed by atoms with E-state index in [2.05, 4.69) is 5.32 Å². The lowest BCUT2D eigenvalue weighted by molar-refractivity contribution is -0.137. The molecule has 0 saturated heterocycles. The van der Waals surface area contributed by atoms with E-state index in [1.54, 1.807) is 0 Å². The normalized spacial score (nSPS) is 12.1. The molecule has 9 heteroatoms. The van der Waals surface area contributed by atoms with Crippen LogP contribution in [0.1, 0.15) is 19.3 Å². The van der Waals surface area contributed by atoms with Gasteiger partial charge in [-0.25, -0.2) is 8.42 Å². The van der Waals surface area contributed by atoms with Crippen molar-refractivity contribution in [2.75, 3.05) is 11.9 Å². The minimum Gasteiger partial charge on any atom is -0.481 e. The lowest BCUT2D eigenvalue weighted by Gasteiger charge is -2.09. The van der Waals surface area contributed by atoms with Crippen LogP contribution >= 0.6 is 0 Å². The van der Waals surface area contributed by atoms with Gasteiger partial charge in [0.1, 0.15) is 0 Å². The largest absolute Gasteiger partial charge is 0.501 e. The molecule has 0 aliphatic heterocycles. The Morgan fingerprint density at radius 1 is 1.14 bits per heavy atom. The van der Waals surface area contributed by atoms with E-state index in [4.69, 9.17) is 5.11 Å². The molecule has 21 heavy (non-hydrogen) atoms. The molecule has 0 aromatic heterocycles. The maximum Gasteiger partial charge on any atom is 0.501 e. The van der Waals surface area contributed by atoms with E-state index in [0.717, 1.165) is 12.1 Å². The van der Waals surface area contributed by atoms with Crippen molar-refractivity contribution in [2.24, 2.45) is 0 Å². The summed E-state index contributed by atoms with van der Waals surface area (Å²) in [5, 5.41) is 11.3. The Kier molecular flexibility index (Phi) is 5.59. The molecular formula is C12H14F3NO4S. The lowest BCUT2D eigenvalue weighted by atomic mass is 10.2. The van der Waals surface area contributed by atoms with Crippen LogP contribution in [-0.4, -0.2) is 31.5 Å². The van der Waals surface area contributed by atoms with Gasteiger partial charge in [0.15, 0.2) is 0 Å². The molecule has 0 bridgehead atoms. The van der Waals surface area contributed by atoms with Gasteiger partial charge in [0, 0.05) is 18.7 Å². The second kappa shape index (κ2) is 6.79. The molecular weight excluding hydrogens is 311 g/mol. The van der Waals surface area contributed by atoms with Crippen molar-refractivity contribution in [3.8, 4) is 0 Å². The average molecular weight is 325 g/mol. The lowest BCUT2D eigenvalue weighted by Crippen LogP contribution is -2.23. The summed E-state index contributed by atoms with van der Waals surface area (Å²) >= 11 is 0. The molecule has 0 spiro atoms. The summed E-state index contributed by atoms with van der Waals surface area (Å²) < 4.78 is 59.2. The van der Waals surface area contributed by atoms with Crippen LogP contribution in [0.5, 0.6) is 0 Å². The molecule has 0 aliphatic rings. The number of carboxylic acids is 1. The van der Waals surface area contributed by atoms with Gasteiger partial charge >= 0.3 is 11.5 Å². The number of aliphatic carboxylic acids is 1. The summed E-state index contributed by atoms with van der Waals surface area (Å²) in [4.78, 5) is 9.46. The molecule has 5 nitrogen and oxygen atoms in total. The van der Waals surface area contributed by atoms with Crippen LogP contribution in [-0.2, 0) is 14.6 Å². The standard InChI is InChI=1S/C12H14F3NO4S/c13-12(14,15)21(19,20)10-6-4-9(5-7-10)16-8-2-1-3-11(17)18/h4-7,16H,1-3,8H2,(H,17,18). The van der Waals surface area contributed by atoms with Crippen molar-refractivity contribution in [3.05, 3.63) is 24.3 Å².